The third-order valence-electron chi connectivity index (χ3n) is 4.22. The van der Waals surface area contributed by atoms with Gasteiger partial charge in [-0.05, 0) is 36.4 Å². The van der Waals surface area contributed by atoms with Crippen LogP contribution in [0.15, 0.2) is 36.3 Å². The number of nitrogens with two attached hydrogens (primary N) is 1. The third-order valence-corrected chi connectivity index (χ3v) is 4.22. The largest absolute Gasteiger partial charge is 0.391 e. The summed E-state index contributed by atoms with van der Waals surface area (Å²) in [5, 5.41) is 6.24. The minimum absolute atomic E-state index is 0.117. The van der Waals surface area contributed by atoms with E-state index in [0.29, 0.717) is 6.54 Å². The second kappa shape index (κ2) is 7.31. The van der Waals surface area contributed by atoms with Crippen LogP contribution in [-0.2, 0) is 0 Å². The van der Waals surface area contributed by atoms with Crippen molar-refractivity contribution >= 4 is 0 Å². The van der Waals surface area contributed by atoms with Crippen LogP contribution in [0.2, 0.25) is 0 Å². The van der Waals surface area contributed by atoms with Crippen LogP contribution in [0.3, 0.4) is 0 Å². The van der Waals surface area contributed by atoms with E-state index in [9.17, 15) is 4.39 Å². The fourth-order valence-electron chi connectivity index (χ4n) is 3.13. The van der Waals surface area contributed by atoms with Gasteiger partial charge in [0.1, 0.15) is 11.6 Å². The molecule has 0 spiro atoms. The van der Waals surface area contributed by atoms with Crippen LogP contribution < -0.4 is 16.4 Å². The van der Waals surface area contributed by atoms with Gasteiger partial charge in [0, 0.05) is 33.4 Å². The summed E-state index contributed by atoms with van der Waals surface area (Å²) in [6, 6.07) is 7.06. The molecule has 5 heteroatoms. The highest BCUT2D eigenvalue weighted by atomic mass is 19.1. The molecule has 4 N–H and O–H groups in total. The fraction of sp³-hybridized carbons (Fsp3) is 0.500. The zero-order chi connectivity index (χ0) is 15.2. The van der Waals surface area contributed by atoms with Gasteiger partial charge in [-0.2, -0.15) is 0 Å². The van der Waals surface area contributed by atoms with Crippen LogP contribution >= 0.6 is 0 Å². The number of halogens is 1. The molecule has 1 aromatic rings. The molecule has 1 aliphatic rings. The van der Waals surface area contributed by atoms with E-state index in [1.165, 1.54) is 6.07 Å². The van der Waals surface area contributed by atoms with Gasteiger partial charge in [0.25, 0.3) is 0 Å². The summed E-state index contributed by atoms with van der Waals surface area (Å²) >= 11 is 0. The van der Waals surface area contributed by atoms with Gasteiger partial charge in [-0.1, -0.05) is 18.2 Å². The zero-order valence-corrected chi connectivity index (χ0v) is 12.8. The standard InChI is InChI=1S/C16H25FN4/c1-19-10-16(20-2)21-8-7-13(12(9-18)11-21)14-5-3-4-6-15(14)17/h3-6,10,12-13,19-20H,7-9,11,18H2,1-2H3/b16-10+/t12-,13+/m0/s1. The van der Waals surface area contributed by atoms with E-state index in [4.69, 9.17) is 5.73 Å². The second-order valence-corrected chi connectivity index (χ2v) is 5.43. The monoisotopic (exact) mass is 292 g/mol. The lowest BCUT2D eigenvalue weighted by Crippen LogP contribution is -2.44. The van der Waals surface area contributed by atoms with Gasteiger partial charge in [0.15, 0.2) is 0 Å². The maximum atomic E-state index is 14.0. The molecule has 1 saturated heterocycles. The smallest absolute Gasteiger partial charge is 0.126 e. The van der Waals surface area contributed by atoms with Crippen LogP contribution in [0.1, 0.15) is 17.9 Å². The molecular formula is C16H25FN4. The van der Waals surface area contributed by atoms with Crippen molar-refractivity contribution < 1.29 is 4.39 Å². The van der Waals surface area contributed by atoms with Crippen molar-refractivity contribution in [2.24, 2.45) is 11.7 Å². The molecule has 4 nitrogen and oxygen atoms in total. The first kappa shape index (κ1) is 15.6. The molecule has 0 unspecified atom stereocenters. The Bertz CT molecular complexity index is 489. The van der Waals surface area contributed by atoms with Gasteiger partial charge in [-0.3, -0.25) is 0 Å². The summed E-state index contributed by atoms with van der Waals surface area (Å²) in [7, 11) is 3.79. The molecule has 0 saturated carbocycles. The van der Waals surface area contributed by atoms with Gasteiger partial charge in [0.2, 0.25) is 0 Å². The molecule has 1 aromatic carbocycles. The van der Waals surface area contributed by atoms with E-state index in [-0.39, 0.29) is 17.7 Å². The Kier molecular flexibility index (Phi) is 5.44. The number of rotatable bonds is 5. The topological polar surface area (TPSA) is 53.3 Å². The first-order valence-electron chi connectivity index (χ1n) is 7.45. The Hall–Kier alpha value is -1.75. The Balaban J connectivity index is 2.16. The Labute approximate surface area is 126 Å². The molecule has 0 bridgehead atoms. The molecule has 0 radical (unpaired) electrons. The first-order valence-corrected chi connectivity index (χ1v) is 7.45. The van der Waals surface area contributed by atoms with E-state index in [1.807, 2.05) is 32.4 Å². The third kappa shape index (κ3) is 3.47. The number of benzene rings is 1. The summed E-state index contributed by atoms with van der Waals surface area (Å²) in [5.74, 6) is 1.38. The molecule has 2 atom stereocenters. The van der Waals surface area contributed by atoms with Crippen LogP contribution in [0.25, 0.3) is 0 Å². The molecule has 116 valence electrons. The lowest BCUT2D eigenvalue weighted by molar-refractivity contribution is 0.184. The first-order chi connectivity index (χ1) is 10.2. The summed E-state index contributed by atoms with van der Waals surface area (Å²) in [6.45, 7) is 2.29. The molecule has 1 aliphatic heterocycles. The van der Waals surface area contributed by atoms with E-state index < -0.39 is 0 Å². The lowest BCUT2D eigenvalue weighted by atomic mass is 9.80. The number of hydrogen-bond acceptors (Lipinski definition) is 4. The predicted molar refractivity (Wildman–Crippen MR) is 84.1 cm³/mol. The average molecular weight is 292 g/mol. The summed E-state index contributed by atoms with van der Waals surface area (Å²) in [5.41, 5.74) is 6.76. The average Bonchev–Trinajstić information content (AvgIpc) is 2.52. The molecule has 21 heavy (non-hydrogen) atoms. The van der Waals surface area contributed by atoms with E-state index in [1.54, 1.807) is 6.07 Å². The minimum Gasteiger partial charge on any atom is -0.391 e. The Morgan fingerprint density at radius 3 is 2.81 bits per heavy atom. The van der Waals surface area contributed by atoms with Gasteiger partial charge in [-0.15, -0.1) is 0 Å². The van der Waals surface area contributed by atoms with Crippen LogP contribution in [0.4, 0.5) is 4.39 Å². The zero-order valence-electron chi connectivity index (χ0n) is 12.8. The molecule has 2 rings (SSSR count). The van der Waals surface area contributed by atoms with Crippen molar-refractivity contribution in [3.05, 3.63) is 47.7 Å². The molecule has 1 fully saturated rings. The molecule has 0 aromatic heterocycles. The van der Waals surface area contributed by atoms with Crippen molar-refractivity contribution in [1.82, 2.24) is 15.5 Å². The van der Waals surface area contributed by atoms with Crippen molar-refractivity contribution in [1.29, 1.82) is 0 Å². The lowest BCUT2D eigenvalue weighted by Gasteiger charge is -2.40. The maximum Gasteiger partial charge on any atom is 0.126 e. The van der Waals surface area contributed by atoms with Gasteiger partial charge in [-0.25, -0.2) is 4.39 Å². The summed E-state index contributed by atoms with van der Waals surface area (Å²) in [4.78, 5) is 2.27. The van der Waals surface area contributed by atoms with Crippen molar-refractivity contribution in [2.45, 2.75) is 12.3 Å². The van der Waals surface area contributed by atoms with Crippen molar-refractivity contribution in [3.63, 3.8) is 0 Å². The summed E-state index contributed by atoms with van der Waals surface area (Å²) in [6.07, 6.45) is 2.85. The number of hydrogen-bond donors (Lipinski definition) is 3. The second-order valence-electron chi connectivity index (χ2n) is 5.43. The van der Waals surface area contributed by atoms with Crippen molar-refractivity contribution in [2.75, 3.05) is 33.7 Å². The number of nitrogens with zero attached hydrogens (tertiary/aromatic N) is 1. The molecule has 1 heterocycles. The minimum atomic E-state index is -0.117. The highest BCUT2D eigenvalue weighted by molar-refractivity contribution is 5.24. The normalized spacial score (nSPS) is 23.0. The van der Waals surface area contributed by atoms with E-state index in [2.05, 4.69) is 15.5 Å². The van der Waals surface area contributed by atoms with Crippen LogP contribution in [0.5, 0.6) is 0 Å². The number of nitrogens with one attached hydrogen (secondary N) is 2. The predicted octanol–water partition coefficient (Wildman–Crippen LogP) is 1.43. The number of piperidine rings is 1. The molecular weight excluding hydrogens is 267 g/mol. The van der Waals surface area contributed by atoms with Gasteiger partial charge < -0.3 is 21.3 Å². The molecule has 0 amide bonds. The van der Waals surface area contributed by atoms with Crippen LogP contribution in [0, 0.1) is 11.7 Å². The Morgan fingerprint density at radius 2 is 2.19 bits per heavy atom. The van der Waals surface area contributed by atoms with E-state index in [0.717, 1.165) is 30.9 Å². The Morgan fingerprint density at radius 1 is 1.43 bits per heavy atom. The van der Waals surface area contributed by atoms with Gasteiger partial charge in [0.05, 0.1) is 0 Å². The maximum absolute atomic E-state index is 14.0. The highest BCUT2D eigenvalue weighted by Crippen LogP contribution is 2.34. The fourth-order valence-corrected chi connectivity index (χ4v) is 3.13. The highest BCUT2D eigenvalue weighted by Gasteiger charge is 2.31. The van der Waals surface area contributed by atoms with Gasteiger partial charge >= 0.3 is 0 Å². The molecule has 0 aliphatic carbocycles. The van der Waals surface area contributed by atoms with E-state index >= 15 is 0 Å². The summed E-state index contributed by atoms with van der Waals surface area (Å²) < 4.78 is 14.0. The van der Waals surface area contributed by atoms with Crippen LogP contribution in [-0.4, -0.2) is 38.6 Å². The number of likely N-dealkylation sites (tertiary alicyclic amines) is 1. The van der Waals surface area contributed by atoms with Crippen molar-refractivity contribution in [3.8, 4) is 0 Å². The quantitative estimate of drug-likeness (QED) is 0.768. The SMILES string of the molecule is CN/C=C(\NC)N1CC[C@@H](c2ccccc2F)[C@@H](CN)C1.